The molecule has 0 nitrogen and oxygen atoms in total. The predicted octanol–water partition coefficient (Wildman–Crippen LogP) is 6.21. The zero-order valence-corrected chi connectivity index (χ0v) is 13.7. The first-order chi connectivity index (χ1) is 10.2. The molecule has 0 fully saturated rings. The zero-order valence-electron chi connectivity index (χ0n) is 13.7. The third-order valence-electron chi connectivity index (χ3n) is 4.84. The molecule has 0 aliphatic rings. The quantitative estimate of drug-likeness (QED) is 0.565. The van der Waals surface area contributed by atoms with Gasteiger partial charge in [0, 0.05) is 5.41 Å². The SMILES string of the molecule is CCCC(CCC)C(C)(c1ccccc1)c1ccccc1. The fourth-order valence-corrected chi connectivity index (χ4v) is 3.63. The molecule has 0 spiro atoms. The van der Waals surface area contributed by atoms with Crippen LogP contribution in [-0.2, 0) is 5.41 Å². The lowest BCUT2D eigenvalue weighted by molar-refractivity contribution is 0.298. The highest BCUT2D eigenvalue weighted by atomic mass is 14.4. The van der Waals surface area contributed by atoms with Gasteiger partial charge in [0.05, 0.1) is 0 Å². The van der Waals surface area contributed by atoms with E-state index in [0.717, 1.165) is 0 Å². The van der Waals surface area contributed by atoms with Gasteiger partial charge in [0.15, 0.2) is 0 Å². The van der Waals surface area contributed by atoms with Crippen LogP contribution < -0.4 is 0 Å². The van der Waals surface area contributed by atoms with Crippen LogP contribution in [0.15, 0.2) is 60.7 Å². The van der Waals surface area contributed by atoms with Gasteiger partial charge in [-0.25, -0.2) is 0 Å². The second kappa shape index (κ2) is 7.45. The Labute approximate surface area is 130 Å². The maximum atomic E-state index is 2.44. The maximum Gasteiger partial charge on any atom is 0.0202 e. The van der Waals surface area contributed by atoms with Gasteiger partial charge in [-0.05, 0) is 29.9 Å². The molecule has 0 bridgehead atoms. The number of benzene rings is 2. The summed E-state index contributed by atoms with van der Waals surface area (Å²) >= 11 is 0. The van der Waals surface area contributed by atoms with Crippen molar-refractivity contribution in [3.05, 3.63) is 71.8 Å². The Morgan fingerprint density at radius 3 is 1.43 bits per heavy atom. The van der Waals surface area contributed by atoms with E-state index in [4.69, 9.17) is 0 Å². The van der Waals surface area contributed by atoms with E-state index >= 15 is 0 Å². The average molecular weight is 280 g/mol. The lowest BCUT2D eigenvalue weighted by atomic mass is 9.64. The fourth-order valence-electron chi connectivity index (χ4n) is 3.63. The molecule has 0 atom stereocenters. The molecule has 21 heavy (non-hydrogen) atoms. The van der Waals surface area contributed by atoms with Crippen molar-refractivity contribution in [3.8, 4) is 0 Å². The van der Waals surface area contributed by atoms with Gasteiger partial charge in [0.25, 0.3) is 0 Å². The standard InChI is InChI=1S/C21H28/c1-4-12-18(13-5-2)21(3,19-14-8-6-9-15-19)20-16-10-7-11-17-20/h6-11,14-18H,4-5,12-13H2,1-3H3. The molecule has 0 heteroatoms. The summed E-state index contributed by atoms with van der Waals surface area (Å²) in [4.78, 5) is 0. The average Bonchev–Trinajstić information content (AvgIpc) is 2.55. The van der Waals surface area contributed by atoms with Crippen LogP contribution in [0.1, 0.15) is 57.6 Å². The summed E-state index contributed by atoms with van der Waals surface area (Å²) in [5.41, 5.74) is 3.00. The predicted molar refractivity (Wildman–Crippen MR) is 92.6 cm³/mol. The summed E-state index contributed by atoms with van der Waals surface area (Å²) in [5.74, 6) is 0.692. The molecular formula is C21H28. The van der Waals surface area contributed by atoms with Crippen LogP contribution in [0.3, 0.4) is 0 Å². The molecule has 2 aromatic rings. The van der Waals surface area contributed by atoms with E-state index in [9.17, 15) is 0 Å². The molecule has 0 N–H and O–H groups in total. The van der Waals surface area contributed by atoms with Crippen LogP contribution in [-0.4, -0.2) is 0 Å². The summed E-state index contributed by atoms with van der Waals surface area (Å²) < 4.78 is 0. The van der Waals surface area contributed by atoms with E-state index < -0.39 is 0 Å². The second-order valence-electron chi connectivity index (χ2n) is 6.21. The van der Waals surface area contributed by atoms with Gasteiger partial charge in [-0.2, -0.15) is 0 Å². The second-order valence-corrected chi connectivity index (χ2v) is 6.21. The summed E-state index contributed by atoms with van der Waals surface area (Å²) in [6.45, 7) is 7.05. The molecule has 0 aliphatic carbocycles. The molecular weight excluding hydrogens is 252 g/mol. The van der Waals surface area contributed by atoms with Gasteiger partial charge in [-0.15, -0.1) is 0 Å². The minimum Gasteiger partial charge on any atom is -0.0654 e. The van der Waals surface area contributed by atoms with E-state index in [-0.39, 0.29) is 5.41 Å². The van der Waals surface area contributed by atoms with Gasteiger partial charge in [-0.1, -0.05) is 94.3 Å². The molecule has 0 aromatic heterocycles. The van der Waals surface area contributed by atoms with Crippen LogP contribution >= 0.6 is 0 Å². The first-order valence-electron chi connectivity index (χ1n) is 8.34. The van der Waals surface area contributed by atoms with Crippen molar-refractivity contribution >= 4 is 0 Å². The lowest BCUT2D eigenvalue weighted by Gasteiger charge is -2.39. The molecule has 2 aromatic carbocycles. The number of hydrogen-bond donors (Lipinski definition) is 0. The highest BCUT2D eigenvalue weighted by Gasteiger charge is 2.36. The first kappa shape index (κ1) is 15.8. The molecule has 2 rings (SSSR count). The van der Waals surface area contributed by atoms with Crippen LogP contribution in [0.25, 0.3) is 0 Å². The van der Waals surface area contributed by atoms with Gasteiger partial charge in [0.2, 0.25) is 0 Å². The summed E-state index contributed by atoms with van der Waals surface area (Å²) in [5, 5.41) is 0. The Hall–Kier alpha value is -1.56. The molecule has 0 saturated heterocycles. The lowest BCUT2D eigenvalue weighted by Crippen LogP contribution is -2.33. The minimum absolute atomic E-state index is 0.106. The monoisotopic (exact) mass is 280 g/mol. The van der Waals surface area contributed by atoms with Crippen molar-refractivity contribution in [3.63, 3.8) is 0 Å². The smallest absolute Gasteiger partial charge is 0.0202 e. The van der Waals surface area contributed by atoms with Crippen molar-refractivity contribution in [2.45, 2.75) is 51.9 Å². The highest BCUT2D eigenvalue weighted by Crippen LogP contribution is 2.43. The molecule has 0 heterocycles. The van der Waals surface area contributed by atoms with Gasteiger partial charge in [-0.3, -0.25) is 0 Å². The third kappa shape index (κ3) is 3.37. The van der Waals surface area contributed by atoms with E-state index in [1.165, 1.54) is 36.8 Å². The number of rotatable bonds is 7. The number of hydrogen-bond acceptors (Lipinski definition) is 0. The van der Waals surface area contributed by atoms with Crippen LogP contribution in [0, 0.1) is 5.92 Å². The van der Waals surface area contributed by atoms with Gasteiger partial charge < -0.3 is 0 Å². The van der Waals surface area contributed by atoms with Crippen molar-refractivity contribution in [1.29, 1.82) is 0 Å². The van der Waals surface area contributed by atoms with E-state index in [1.807, 2.05) is 0 Å². The summed E-state index contributed by atoms with van der Waals surface area (Å²) in [6, 6.07) is 22.1. The van der Waals surface area contributed by atoms with Crippen molar-refractivity contribution in [2.75, 3.05) is 0 Å². The van der Waals surface area contributed by atoms with Gasteiger partial charge in [0.1, 0.15) is 0 Å². The summed E-state index contributed by atoms with van der Waals surface area (Å²) in [7, 11) is 0. The fraction of sp³-hybridized carbons (Fsp3) is 0.429. The molecule has 0 radical (unpaired) electrons. The van der Waals surface area contributed by atoms with E-state index in [1.54, 1.807) is 0 Å². The third-order valence-corrected chi connectivity index (χ3v) is 4.84. The van der Waals surface area contributed by atoms with Crippen LogP contribution in [0.2, 0.25) is 0 Å². The first-order valence-corrected chi connectivity index (χ1v) is 8.34. The molecule has 112 valence electrons. The summed E-state index contributed by atoms with van der Waals surface area (Å²) in [6.07, 6.45) is 5.07. The van der Waals surface area contributed by atoms with Crippen LogP contribution in [0.4, 0.5) is 0 Å². The highest BCUT2D eigenvalue weighted by molar-refractivity contribution is 5.39. The Morgan fingerprint density at radius 1 is 0.714 bits per heavy atom. The molecule has 0 amide bonds. The normalized spacial score (nSPS) is 11.8. The van der Waals surface area contributed by atoms with Gasteiger partial charge >= 0.3 is 0 Å². The van der Waals surface area contributed by atoms with E-state index in [2.05, 4.69) is 81.4 Å². The largest absolute Gasteiger partial charge is 0.0654 e. The topological polar surface area (TPSA) is 0 Å². The maximum absolute atomic E-state index is 2.44. The van der Waals surface area contributed by atoms with Crippen LogP contribution in [0.5, 0.6) is 0 Å². The Morgan fingerprint density at radius 2 is 1.10 bits per heavy atom. The van der Waals surface area contributed by atoms with E-state index in [0.29, 0.717) is 5.92 Å². The Kier molecular flexibility index (Phi) is 5.61. The minimum atomic E-state index is 0.106. The van der Waals surface area contributed by atoms with Crippen molar-refractivity contribution in [2.24, 2.45) is 5.92 Å². The van der Waals surface area contributed by atoms with Crippen molar-refractivity contribution < 1.29 is 0 Å². The Balaban J connectivity index is 2.53. The molecule has 0 aliphatic heterocycles. The van der Waals surface area contributed by atoms with Crippen molar-refractivity contribution in [1.82, 2.24) is 0 Å². The zero-order chi connectivity index (χ0) is 15.1. The Bertz CT molecular complexity index is 467. The molecule has 0 unspecified atom stereocenters. The molecule has 0 saturated carbocycles.